The summed E-state index contributed by atoms with van der Waals surface area (Å²) in [5.41, 5.74) is 2.48. The first-order valence-corrected chi connectivity index (χ1v) is 7.88. The van der Waals surface area contributed by atoms with Gasteiger partial charge in [-0.1, -0.05) is 42.5 Å². The lowest BCUT2D eigenvalue weighted by Gasteiger charge is -2.18. The summed E-state index contributed by atoms with van der Waals surface area (Å²) in [5.74, 6) is 1.70. The lowest BCUT2D eigenvalue weighted by atomic mass is 10.1. The van der Waals surface area contributed by atoms with Gasteiger partial charge >= 0.3 is 0 Å². The van der Waals surface area contributed by atoms with E-state index in [1.807, 2.05) is 30.3 Å². The van der Waals surface area contributed by atoms with Gasteiger partial charge in [0.1, 0.15) is 5.75 Å². The number of aliphatic imine (C=N–C) groups is 1. The van der Waals surface area contributed by atoms with E-state index >= 15 is 0 Å². The van der Waals surface area contributed by atoms with E-state index in [-0.39, 0.29) is 30.0 Å². The average Bonchev–Trinajstić information content (AvgIpc) is 2.61. The molecule has 0 radical (unpaired) electrons. The summed E-state index contributed by atoms with van der Waals surface area (Å²) in [6, 6.07) is 18.7. The molecule has 0 aromatic heterocycles. The maximum atomic E-state index is 5.25. The van der Waals surface area contributed by atoms with Gasteiger partial charge in [0, 0.05) is 13.6 Å². The van der Waals surface area contributed by atoms with Gasteiger partial charge in [-0.25, -0.2) is 0 Å². The maximum Gasteiger partial charge on any atom is 0.191 e. The molecule has 0 spiro atoms. The summed E-state index contributed by atoms with van der Waals surface area (Å²) in [5, 5.41) is 6.76. The van der Waals surface area contributed by atoms with Gasteiger partial charge in [0.05, 0.1) is 13.2 Å². The van der Waals surface area contributed by atoms with Crippen molar-refractivity contribution in [2.75, 3.05) is 20.7 Å². The Morgan fingerprint density at radius 2 is 1.88 bits per heavy atom. The Balaban J connectivity index is 0.00000288. The second kappa shape index (κ2) is 10.9. The van der Waals surface area contributed by atoms with Crippen LogP contribution in [0.15, 0.2) is 59.6 Å². The predicted molar refractivity (Wildman–Crippen MR) is 111 cm³/mol. The van der Waals surface area contributed by atoms with Crippen LogP contribution in [0, 0.1) is 0 Å². The number of ether oxygens (including phenoxy) is 1. The van der Waals surface area contributed by atoms with Crippen LogP contribution in [-0.2, 0) is 6.42 Å². The fourth-order valence-corrected chi connectivity index (χ4v) is 2.38. The zero-order chi connectivity index (χ0) is 16.5. The SMILES string of the molecule is CN=C(NCCc1cccc(OC)c1)NC(C)c1ccccc1.I. The van der Waals surface area contributed by atoms with Crippen molar-refractivity contribution in [1.82, 2.24) is 10.6 Å². The molecule has 24 heavy (non-hydrogen) atoms. The lowest BCUT2D eigenvalue weighted by molar-refractivity contribution is 0.414. The predicted octanol–water partition coefficient (Wildman–Crippen LogP) is 3.78. The Morgan fingerprint density at radius 3 is 2.54 bits per heavy atom. The van der Waals surface area contributed by atoms with E-state index in [2.05, 4.69) is 46.8 Å². The molecule has 1 unspecified atom stereocenters. The van der Waals surface area contributed by atoms with E-state index in [9.17, 15) is 0 Å². The number of benzene rings is 2. The first kappa shape index (κ1) is 20.3. The third-order valence-electron chi connectivity index (χ3n) is 3.72. The minimum atomic E-state index is 0. The molecule has 0 aliphatic rings. The molecule has 0 fully saturated rings. The summed E-state index contributed by atoms with van der Waals surface area (Å²) < 4.78 is 5.25. The second-order valence-electron chi connectivity index (χ2n) is 5.38. The van der Waals surface area contributed by atoms with Crippen LogP contribution in [0.1, 0.15) is 24.1 Å². The van der Waals surface area contributed by atoms with Crippen LogP contribution in [0.4, 0.5) is 0 Å². The van der Waals surface area contributed by atoms with Gasteiger partial charge < -0.3 is 15.4 Å². The van der Waals surface area contributed by atoms with E-state index in [1.165, 1.54) is 11.1 Å². The molecule has 130 valence electrons. The molecule has 0 amide bonds. The highest BCUT2D eigenvalue weighted by molar-refractivity contribution is 14.0. The monoisotopic (exact) mass is 439 g/mol. The second-order valence-corrected chi connectivity index (χ2v) is 5.38. The van der Waals surface area contributed by atoms with Gasteiger partial charge in [0.15, 0.2) is 5.96 Å². The summed E-state index contributed by atoms with van der Waals surface area (Å²) in [7, 11) is 3.48. The standard InChI is InChI=1S/C19H25N3O.HI/c1-15(17-9-5-4-6-10-17)22-19(20-2)21-13-12-16-8-7-11-18(14-16)23-3;/h4-11,14-15H,12-13H2,1-3H3,(H2,20,21,22);1H. The molecule has 1 atom stereocenters. The van der Waals surface area contributed by atoms with E-state index in [0.717, 1.165) is 24.7 Å². The van der Waals surface area contributed by atoms with Gasteiger partial charge in [-0.2, -0.15) is 0 Å². The number of nitrogens with one attached hydrogen (secondary N) is 2. The molecule has 2 rings (SSSR count). The molecule has 0 saturated carbocycles. The number of rotatable bonds is 6. The number of guanidine groups is 1. The van der Waals surface area contributed by atoms with Crippen molar-refractivity contribution in [1.29, 1.82) is 0 Å². The zero-order valence-electron chi connectivity index (χ0n) is 14.5. The van der Waals surface area contributed by atoms with Crippen LogP contribution in [0.25, 0.3) is 0 Å². The average molecular weight is 439 g/mol. The number of halogens is 1. The molecule has 5 heteroatoms. The van der Waals surface area contributed by atoms with Crippen molar-refractivity contribution in [3.8, 4) is 5.75 Å². The minimum absolute atomic E-state index is 0. The Kier molecular flexibility index (Phi) is 9.22. The van der Waals surface area contributed by atoms with Gasteiger partial charge in [-0.05, 0) is 36.6 Å². The van der Waals surface area contributed by atoms with Crippen LogP contribution in [-0.4, -0.2) is 26.7 Å². The maximum absolute atomic E-state index is 5.25. The quantitative estimate of drug-likeness (QED) is 0.409. The van der Waals surface area contributed by atoms with Crippen molar-refractivity contribution in [3.63, 3.8) is 0 Å². The summed E-state index contributed by atoms with van der Waals surface area (Å²) >= 11 is 0. The molecule has 0 saturated heterocycles. The fourth-order valence-electron chi connectivity index (χ4n) is 2.38. The number of nitrogens with zero attached hydrogens (tertiary/aromatic N) is 1. The number of methoxy groups -OCH3 is 1. The molecule has 4 nitrogen and oxygen atoms in total. The third kappa shape index (κ3) is 6.39. The first-order valence-electron chi connectivity index (χ1n) is 7.88. The molecule has 0 heterocycles. The zero-order valence-corrected chi connectivity index (χ0v) is 16.8. The molecule has 2 aromatic rings. The van der Waals surface area contributed by atoms with E-state index < -0.39 is 0 Å². The summed E-state index contributed by atoms with van der Waals surface area (Å²) in [6.45, 7) is 2.94. The van der Waals surface area contributed by atoms with E-state index in [0.29, 0.717) is 0 Å². The van der Waals surface area contributed by atoms with Gasteiger partial charge in [-0.15, -0.1) is 24.0 Å². The van der Waals surface area contributed by atoms with Crippen molar-refractivity contribution >= 4 is 29.9 Å². The largest absolute Gasteiger partial charge is 0.497 e. The van der Waals surface area contributed by atoms with Gasteiger partial charge in [0.25, 0.3) is 0 Å². The van der Waals surface area contributed by atoms with Gasteiger partial charge in [0.2, 0.25) is 0 Å². The minimum Gasteiger partial charge on any atom is -0.497 e. The van der Waals surface area contributed by atoms with Gasteiger partial charge in [-0.3, -0.25) is 4.99 Å². The normalized spacial score (nSPS) is 12.0. The number of hydrogen-bond acceptors (Lipinski definition) is 2. The van der Waals surface area contributed by atoms with Crippen LogP contribution in [0.5, 0.6) is 5.75 Å². The van der Waals surface area contributed by atoms with E-state index in [4.69, 9.17) is 4.74 Å². The Morgan fingerprint density at radius 1 is 1.12 bits per heavy atom. The highest BCUT2D eigenvalue weighted by Crippen LogP contribution is 2.13. The Labute approximate surface area is 161 Å². The molecule has 0 aliphatic carbocycles. The molecular formula is C19H26IN3O. The number of hydrogen-bond donors (Lipinski definition) is 2. The molecular weight excluding hydrogens is 413 g/mol. The van der Waals surface area contributed by atoms with Crippen molar-refractivity contribution in [3.05, 3.63) is 65.7 Å². The molecule has 2 aromatic carbocycles. The van der Waals surface area contributed by atoms with Crippen LogP contribution >= 0.6 is 24.0 Å². The first-order chi connectivity index (χ1) is 11.2. The summed E-state index contributed by atoms with van der Waals surface area (Å²) in [6.07, 6.45) is 0.914. The van der Waals surface area contributed by atoms with Crippen LogP contribution < -0.4 is 15.4 Å². The van der Waals surface area contributed by atoms with E-state index in [1.54, 1.807) is 14.2 Å². The Bertz CT molecular complexity index is 632. The Hall–Kier alpha value is -1.76. The van der Waals surface area contributed by atoms with Crippen molar-refractivity contribution < 1.29 is 4.74 Å². The van der Waals surface area contributed by atoms with Crippen molar-refractivity contribution in [2.24, 2.45) is 4.99 Å². The molecule has 0 aliphatic heterocycles. The summed E-state index contributed by atoms with van der Waals surface area (Å²) in [4.78, 5) is 4.29. The smallest absolute Gasteiger partial charge is 0.191 e. The highest BCUT2D eigenvalue weighted by Gasteiger charge is 2.06. The van der Waals surface area contributed by atoms with Crippen molar-refractivity contribution in [2.45, 2.75) is 19.4 Å². The fraction of sp³-hybridized carbons (Fsp3) is 0.316. The third-order valence-corrected chi connectivity index (χ3v) is 3.72. The van der Waals surface area contributed by atoms with Crippen LogP contribution in [0.2, 0.25) is 0 Å². The topological polar surface area (TPSA) is 45.7 Å². The molecule has 0 bridgehead atoms. The van der Waals surface area contributed by atoms with Crippen LogP contribution in [0.3, 0.4) is 0 Å². The molecule has 2 N–H and O–H groups in total. The highest BCUT2D eigenvalue weighted by atomic mass is 127. The lowest BCUT2D eigenvalue weighted by Crippen LogP contribution is -2.39.